The second-order valence-corrected chi connectivity index (χ2v) is 4.66. The minimum absolute atomic E-state index is 0.729. The van der Waals surface area contributed by atoms with E-state index in [1.807, 2.05) is 11.8 Å². The van der Waals surface area contributed by atoms with Gasteiger partial charge >= 0.3 is 0 Å². The second-order valence-electron chi connectivity index (χ2n) is 3.68. The highest BCUT2D eigenvalue weighted by molar-refractivity contribution is 7.98. The highest BCUT2D eigenvalue weighted by Crippen LogP contribution is 2.33. The predicted octanol–water partition coefficient (Wildman–Crippen LogP) is 1.01. The average molecular weight is 224 g/mol. The van der Waals surface area contributed by atoms with Crippen LogP contribution in [-0.4, -0.2) is 30.1 Å². The van der Waals surface area contributed by atoms with Gasteiger partial charge < -0.3 is 10.6 Å². The molecule has 4 nitrogen and oxygen atoms in total. The molecule has 2 rings (SSSR count). The number of nitrogens with two attached hydrogens (primary N) is 1. The summed E-state index contributed by atoms with van der Waals surface area (Å²) in [6.45, 7) is 1.69. The normalized spacial score (nSPS) is 14.0. The first-order valence-corrected chi connectivity index (χ1v) is 6.30. The minimum atomic E-state index is 0.729. The highest BCUT2D eigenvalue weighted by Gasteiger charge is 2.19. The van der Waals surface area contributed by atoms with E-state index in [1.165, 1.54) is 11.3 Å². The quantitative estimate of drug-likeness (QED) is 0.827. The summed E-state index contributed by atoms with van der Waals surface area (Å²) >= 11 is 1.90. The van der Waals surface area contributed by atoms with Gasteiger partial charge in [0.2, 0.25) is 0 Å². The third-order valence-corrected chi connectivity index (χ3v) is 3.53. The zero-order valence-corrected chi connectivity index (χ0v) is 9.76. The van der Waals surface area contributed by atoms with E-state index < -0.39 is 0 Å². The van der Waals surface area contributed by atoms with E-state index in [0.717, 1.165) is 36.8 Å². The molecule has 1 aliphatic rings. The van der Waals surface area contributed by atoms with E-state index in [0.29, 0.717) is 0 Å². The molecule has 0 aromatic carbocycles. The summed E-state index contributed by atoms with van der Waals surface area (Å²) in [5, 5.41) is 0. The van der Waals surface area contributed by atoms with Crippen LogP contribution in [0.25, 0.3) is 0 Å². The van der Waals surface area contributed by atoms with E-state index in [2.05, 4.69) is 21.9 Å². The lowest BCUT2D eigenvalue weighted by Gasteiger charge is -2.19. The van der Waals surface area contributed by atoms with Crippen molar-refractivity contribution < 1.29 is 0 Å². The summed E-state index contributed by atoms with van der Waals surface area (Å²) in [5.41, 5.74) is 8.01. The molecule has 0 aliphatic carbocycles. The summed E-state index contributed by atoms with van der Waals surface area (Å²) in [6, 6.07) is 0. The maximum Gasteiger partial charge on any atom is 0.136 e. The van der Waals surface area contributed by atoms with E-state index in [9.17, 15) is 0 Å². The van der Waals surface area contributed by atoms with Crippen molar-refractivity contribution in [2.45, 2.75) is 17.9 Å². The van der Waals surface area contributed by atoms with Crippen LogP contribution in [0.5, 0.6) is 0 Å². The van der Waals surface area contributed by atoms with Crippen LogP contribution in [-0.2, 0) is 11.5 Å². The van der Waals surface area contributed by atoms with Crippen molar-refractivity contribution in [1.29, 1.82) is 0 Å². The van der Waals surface area contributed by atoms with Gasteiger partial charge in [0.15, 0.2) is 0 Å². The van der Waals surface area contributed by atoms with Gasteiger partial charge in [-0.25, -0.2) is 9.97 Å². The summed E-state index contributed by atoms with van der Waals surface area (Å²) < 4.78 is 0. The van der Waals surface area contributed by atoms with E-state index >= 15 is 0 Å². The maximum absolute atomic E-state index is 5.50. The van der Waals surface area contributed by atoms with Gasteiger partial charge in [-0.05, 0) is 13.0 Å². The predicted molar refractivity (Wildman–Crippen MR) is 64.0 cm³/mol. The number of hydrogen-bond donors (Lipinski definition) is 1. The monoisotopic (exact) mass is 224 g/mol. The lowest BCUT2D eigenvalue weighted by Crippen LogP contribution is -2.23. The van der Waals surface area contributed by atoms with Crippen molar-refractivity contribution >= 4 is 17.6 Å². The van der Waals surface area contributed by atoms with Crippen LogP contribution in [0.3, 0.4) is 0 Å². The Kier molecular flexibility index (Phi) is 3.43. The standard InChI is InChI=1S/C10H16N4S/c1-14(4-2-3-11)10-8-5-15-6-9(8)12-7-13-10/h7H,2-6,11H2,1H3. The van der Waals surface area contributed by atoms with Gasteiger partial charge in [-0.1, -0.05) is 0 Å². The minimum Gasteiger partial charge on any atom is -0.359 e. The van der Waals surface area contributed by atoms with Gasteiger partial charge in [-0.2, -0.15) is 11.8 Å². The Morgan fingerprint density at radius 2 is 2.33 bits per heavy atom. The molecule has 82 valence electrons. The Balaban J connectivity index is 2.17. The molecule has 0 spiro atoms. The second kappa shape index (κ2) is 4.81. The zero-order valence-electron chi connectivity index (χ0n) is 8.94. The molecule has 0 atom stereocenters. The molecule has 2 N–H and O–H groups in total. The summed E-state index contributed by atoms with van der Waals surface area (Å²) in [4.78, 5) is 10.8. The highest BCUT2D eigenvalue weighted by atomic mass is 32.2. The summed E-state index contributed by atoms with van der Waals surface area (Å²) in [5.74, 6) is 3.15. The Bertz CT molecular complexity index is 342. The Morgan fingerprint density at radius 3 is 3.13 bits per heavy atom. The molecule has 0 radical (unpaired) electrons. The third-order valence-electron chi connectivity index (χ3n) is 2.56. The van der Waals surface area contributed by atoms with Crippen LogP contribution < -0.4 is 10.6 Å². The first-order valence-electron chi connectivity index (χ1n) is 5.14. The number of rotatable bonds is 4. The molecule has 0 amide bonds. The van der Waals surface area contributed by atoms with Gasteiger partial charge in [-0.3, -0.25) is 0 Å². The van der Waals surface area contributed by atoms with E-state index in [1.54, 1.807) is 6.33 Å². The molecule has 2 heterocycles. The van der Waals surface area contributed by atoms with Gasteiger partial charge in [0.05, 0.1) is 5.69 Å². The number of thioether (sulfide) groups is 1. The maximum atomic E-state index is 5.50. The number of anilines is 1. The summed E-state index contributed by atoms with van der Waals surface area (Å²) in [7, 11) is 2.07. The summed E-state index contributed by atoms with van der Waals surface area (Å²) in [6.07, 6.45) is 2.67. The largest absolute Gasteiger partial charge is 0.359 e. The molecule has 1 aromatic rings. The molecular weight excluding hydrogens is 208 g/mol. The van der Waals surface area contributed by atoms with Gasteiger partial charge in [0, 0.05) is 30.7 Å². The van der Waals surface area contributed by atoms with Crippen LogP contribution in [0.15, 0.2) is 6.33 Å². The van der Waals surface area contributed by atoms with Crippen molar-refractivity contribution in [3.05, 3.63) is 17.6 Å². The Hall–Kier alpha value is -0.810. The number of hydrogen-bond acceptors (Lipinski definition) is 5. The number of aromatic nitrogens is 2. The Labute approximate surface area is 94.3 Å². The van der Waals surface area contributed by atoms with Crippen LogP contribution in [0.4, 0.5) is 5.82 Å². The van der Waals surface area contributed by atoms with Crippen LogP contribution in [0.2, 0.25) is 0 Å². The van der Waals surface area contributed by atoms with Crippen molar-refractivity contribution in [2.24, 2.45) is 5.73 Å². The first-order chi connectivity index (χ1) is 7.33. The molecule has 0 fully saturated rings. The molecule has 1 aromatic heterocycles. The fourth-order valence-corrected chi connectivity index (χ4v) is 2.77. The fourth-order valence-electron chi connectivity index (χ4n) is 1.72. The fraction of sp³-hybridized carbons (Fsp3) is 0.600. The lowest BCUT2D eigenvalue weighted by atomic mass is 10.2. The van der Waals surface area contributed by atoms with E-state index in [-0.39, 0.29) is 0 Å². The molecule has 15 heavy (non-hydrogen) atoms. The molecule has 0 unspecified atom stereocenters. The van der Waals surface area contributed by atoms with Crippen molar-refractivity contribution in [2.75, 3.05) is 25.0 Å². The molecule has 0 saturated heterocycles. The molecule has 5 heteroatoms. The van der Waals surface area contributed by atoms with Gasteiger partial charge in [-0.15, -0.1) is 0 Å². The van der Waals surface area contributed by atoms with Gasteiger partial charge in [0.25, 0.3) is 0 Å². The molecule has 1 aliphatic heterocycles. The van der Waals surface area contributed by atoms with Crippen LogP contribution in [0, 0.1) is 0 Å². The lowest BCUT2D eigenvalue weighted by molar-refractivity contribution is 0.780. The van der Waals surface area contributed by atoms with Crippen molar-refractivity contribution in [1.82, 2.24) is 9.97 Å². The molecular formula is C10H16N4S. The van der Waals surface area contributed by atoms with Crippen molar-refractivity contribution in [3.63, 3.8) is 0 Å². The average Bonchev–Trinajstić information content (AvgIpc) is 2.73. The molecule has 0 saturated carbocycles. The topological polar surface area (TPSA) is 55.0 Å². The number of nitrogens with zero attached hydrogens (tertiary/aromatic N) is 3. The SMILES string of the molecule is CN(CCCN)c1ncnc2c1CSC2. The Morgan fingerprint density at radius 1 is 1.47 bits per heavy atom. The van der Waals surface area contributed by atoms with E-state index in [4.69, 9.17) is 5.73 Å². The third kappa shape index (κ3) is 2.23. The first kappa shape index (κ1) is 10.7. The van der Waals surface area contributed by atoms with Crippen molar-refractivity contribution in [3.8, 4) is 0 Å². The van der Waals surface area contributed by atoms with Crippen LogP contribution in [0.1, 0.15) is 17.7 Å². The van der Waals surface area contributed by atoms with Gasteiger partial charge in [0.1, 0.15) is 12.1 Å². The molecule has 0 bridgehead atoms. The smallest absolute Gasteiger partial charge is 0.136 e. The number of fused-ring (bicyclic) bond motifs is 1. The van der Waals surface area contributed by atoms with Crippen LogP contribution >= 0.6 is 11.8 Å². The zero-order chi connectivity index (χ0) is 10.7.